The van der Waals surface area contributed by atoms with E-state index >= 15 is 0 Å². The highest BCUT2D eigenvalue weighted by molar-refractivity contribution is 5.85. The third-order valence-corrected chi connectivity index (χ3v) is 3.74. The summed E-state index contributed by atoms with van der Waals surface area (Å²) in [5, 5.41) is 21.3. The van der Waals surface area contributed by atoms with Crippen LogP contribution < -0.4 is 0 Å². The highest BCUT2D eigenvalue weighted by atomic mass is 16.3. The second kappa shape index (κ2) is 6.35. The monoisotopic (exact) mass is 273 g/mol. The van der Waals surface area contributed by atoms with E-state index in [1.807, 2.05) is 20.0 Å². The third kappa shape index (κ3) is 3.37. The predicted molar refractivity (Wildman–Crippen MR) is 82.6 cm³/mol. The van der Waals surface area contributed by atoms with Gasteiger partial charge in [-0.1, -0.05) is 49.4 Å². The minimum atomic E-state index is -0.459. The van der Waals surface area contributed by atoms with E-state index in [0.717, 1.165) is 6.54 Å². The van der Waals surface area contributed by atoms with Crippen molar-refractivity contribution in [3.05, 3.63) is 48.0 Å². The Morgan fingerprint density at radius 2 is 1.65 bits per heavy atom. The largest absolute Gasteiger partial charge is 0.396 e. The van der Waals surface area contributed by atoms with E-state index in [0.29, 0.717) is 6.54 Å². The first kappa shape index (κ1) is 15.0. The summed E-state index contributed by atoms with van der Waals surface area (Å²) in [4.78, 5) is 2.15. The van der Waals surface area contributed by atoms with Gasteiger partial charge in [0.25, 0.3) is 0 Å². The van der Waals surface area contributed by atoms with Crippen LogP contribution in [-0.2, 0) is 6.54 Å². The van der Waals surface area contributed by atoms with E-state index in [4.69, 9.17) is 0 Å². The van der Waals surface area contributed by atoms with Crippen molar-refractivity contribution < 1.29 is 10.2 Å². The summed E-state index contributed by atoms with van der Waals surface area (Å²) in [5.41, 5.74) is 0.808. The number of aliphatic hydroxyl groups excluding tert-OH is 2. The number of benzene rings is 2. The first-order valence-electron chi connectivity index (χ1n) is 6.95. The molecule has 0 bridgehead atoms. The number of fused-ring (bicyclic) bond motifs is 1. The van der Waals surface area contributed by atoms with Crippen molar-refractivity contribution in [2.24, 2.45) is 5.41 Å². The van der Waals surface area contributed by atoms with Crippen molar-refractivity contribution in [1.82, 2.24) is 4.90 Å². The van der Waals surface area contributed by atoms with E-state index in [1.54, 1.807) is 0 Å². The fraction of sp³-hybridized carbons (Fsp3) is 0.412. The van der Waals surface area contributed by atoms with Crippen LogP contribution in [0.3, 0.4) is 0 Å². The van der Waals surface area contributed by atoms with Gasteiger partial charge in [-0.25, -0.2) is 0 Å². The van der Waals surface area contributed by atoms with Gasteiger partial charge in [0.1, 0.15) is 0 Å². The Morgan fingerprint density at radius 3 is 2.35 bits per heavy atom. The lowest BCUT2D eigenvalue weighted by Gasteiger charge is -2.30. The van der Waals surface area contributed by atoms with Crippen LogP contribution in [0.15, 0.2) is 42.5 Å². The molecule has 2 aromatic rings. The van der Waals surface area contributed by atoms with Crippen LogP contribution >= 0.6 is 0 Å². The molecule has 3 nitrogen and oxygen atoms in total. The Morgan fingerprint density at radius 1 is 1.00 bits per heavy atom. The van der Waals surface area contributed by atoms with Crippen molar-refractivity contribution in [2.75, 3.05) is 26.8 Å². The average molecular weight is 273 g/mol. The van der Waals surface area contributed by atoms with Gasteiger partial charge in [0.15, 0.2) is 0 Å². The molecule has 0 heterocycles. The zero-order chi connectivity index (χ0) is 14.6. The van der Waals surface area contributed by atoms with Gasteiger partial charge in [0.05, 0.1) is 13.2 Å². The zero-order valence-corrected chi connectivity index (χ0v) is 12.2. The molecule has 3 heteroatoms. The van der Waals surface area contributed by atoms with Crippen LogP contribution in [0.4, 0.5) is 0 Å². The Hall–Kier alpha value is -1.42. The molecule has 0 aliphatic carbocycles. The van der Waals surface area contributed by atoms with Gasteiger partial charge in [-0.3, -0.25) is 0 Å². The van der Waals surface area contributed by atoms with Crippen molar-refractivity contribution >= 4 is 10.8 Å². The van der Waals surface area contributed by atoms with Crippen molar-refractivity contribution in [3.8, 4) is 0 Å². The molecule has 0 unspecified atom stereocenters. The molecule has 0 spiro atoms. The Bertz CT molecular complexity index is 558. The van der Waals surface area contributed by atoms with E-state index in [-0.39, 0.29) is 13.2 Å². The van der Waals surface area contributed by atoms with Crippen LogP contribution in [0.25, 0.3) is 10.8 Å². The van der Waals surface area contributed by atoms with E-state index in [1.165, 1.54) is 16.3 Å². The third-order valence-electron chi connectivity index (χ3n) is 3.74. The second-order valence-corrected chi connectivity index (χ2v) is 5.94. The fourth-order valence-corrected chi connectivity index (χ4v) is 2.58. The van der Waals surface area contributed by atoms with E-state index < -0.39 is 5.41 Å². The van der Waals surface area contributed by atoms with E-state index in [9.17, 15) is 10.2 Å². The van der Waals surface area contributed by atoms with Crippen LogP contribution in [0.5, 0.6) is 0 Å². The molecular weight excluding hydrogens is 250 g/mol. The minimum absolute atomic E-state index is 0.0105. The minimum Gasteiger partial charge on any atom is -0.396 e. The molecule has 0 aliphatic heterocycles. The normalized spacial score (nSPS) is 12.2. The summed E-state index contributed by atoms with van der Waals surface area (Å²) >= 11 is 0. The van der Waals surface area contributed by atoms with Crippen molar-refractivity contribution in [3.63, 3.8) is 0 Å². The Labute approximate surface area is 120 Å². The van der Waals surface area contributed by atoms with Crippen molar-refractivity contribution in [1.29, 1.82) is 0 Å². The topological polar surface area (TPSA) is 43.7 Å². The summed E-state index contributed by atoms with van der Waals surface area (Å²) in [7, 11) is 2.02. The molecule has 0 aliphatic rings. The summed E-state index contributed by atoms with van der Waals surface area (Å²) in [5.74, 6) is 0. The fourth-order valence-electron chi connectivity index (χ4n) is 2.58. The number of hydrogen-bond acceptors (Lipinski definition) is 3. The van der Waals surface area contributed by atoms with Gasteiger partial charge in [-0.05, 0) is 23.4 Å². The average Bonchev–Trinajstić information content (AvgIpc) is 2.47. The lowest BCUT2D eigenvalue weighted by Crippen LogP contribution is -2.38. The molecule has 2 rings (SSSR count). The summed E-state index contributed by atoms with van der Waals surface area (Å²) in [6.07, 6.45) is 0. The zero-order valence-electron chi connectivity index (χ0n) is 12.2. The van der Waals surface area contributed by atoms with Gasteiger partial charge in [-0.15, -0.1) is 0 Å². The molecule has 0 saturated carbocycles. The number of aliphatic hydroxyl groups is 2. The molecule has 0 saturated heterocycles. The molecule has 0 fully saturated rings. The summed E-state index contributed by atoms with van der Waals surface area (Å²) < 4.78 is 0. The molecule has 2 N–H and O–H groups in total. The van der Waals surface area contributed by atoms with Gasteiger partial charge in [-0.2, -0.15) is 0 Å². The maximum absolute atomic E-state index is 9.39. The van der Waals surface area contributed by atoms with Crippen LogP contribution in [0.2, 0.25) is 0 Å². The van der Waals surface area contributed by atoms with Crippen LogP contribution in [0, 0.1) is 5.41 Å². The first-order chi connectivity index (χ1) is 9.58. The molecule has 0 radical (unpaired) electrons. The quantitative estimate of drug-likeness (QED) is 0.848. The smallest absolute Gasteiger partial charge is 0.0519 e. The van der Waals surface area contributed by atoms with E-state index in [2.05, 4.69) is 41.3 Å². The van der Waals surface area contributed by atoms with Gasteiger partial charge >= 0.3 is 0 Å². The number of nitrogens with zero attached hydrogens (tertiary/aromatic N) is 1. The number of hydrogen-bond donors (Lipinski definition) is 2. The lowest BCUT2D eigenvalue weighted by atomic mass is 9.92. The molecule has 20 heavy (non-hydrogen) atoms. The molecular formula is C17H23NO2. The van der Waals surface area contributed by atoms with Crippen LogP contribution in [-0.4, -0.2) is 41.9 Å². The van der Waals surface area contributed by atoms with Gasteiger partial charge < -0.3 is 15.1 Å². The highest BCUT2D eigenvalue weighted by Crippen LogP contribution is 2.21. The second-order valence-electron chi connectivity index (χ2n) is 5.94. The molecule has 108 valence electrons. The molecule has 2 aromatic carbocycles. The standard InChI is InChI=1S/C17H23NO2/c1-17(12-19,13-20)11-18(2)10-15-8-5-7-14-6-3-4-9-16(14)15/h3-9,19-20H,10-13H2,1-2H3. The summed E-state index contributed by atoms with van der Waals surface area (Å²) in [6.45, 7) is 3.33. The molecule has 0 atom stereocenters. The number of rotatable bonds is 6. The Kier molecular flexibility index (Phi) is 4.76. The predicted octanol–water partition coefficient (Wildman–Crippen LogP) is 2.26. The van der Waals surface area contributed by atoms with Crippen LogP contribution in [0.1, 0.15) is 12.5 Å². The first-order valence-corrected chi connectivity index (χ1v) is 6.95. The molecule has 0 amide bonds. The van der Waals surface area contributed by atoms with Gasteiger partial charge in [0.2, 0.25) is 0 Å². The van der Waals surface area contributed by atoms with Gasteiger partial charge in [0, 0.05) is 18.5 Å². The maximum atomic E-state index is 9.39. The SMILES string of the molecule is CN(Cc1cccc2ccccc12)CC(C)(CO)CO. The summed E-state index contributed by atoms with van der Waals surface area (Å²) in [6, 6.07) is 14.7. The Balaban J connectivity index is 2.16. The molecule has 0 aromatic heterocycles. The maximum Gasteiger partial charge on any atom is 0.0519 e. The highest BCUT2D eigenvalue weighted by Gasteiger charge is 2.24. The lowest BCUT2D eigenvalue weighted by molar-refractivity contribution is 0.0403. The van der Waals surface area contributed by atoms with Crippen molar-refractivity contribution in [2.45, 2.75) is 13.5 Å².